The normalized spacial score (nSPS) is 21.7. The molecule has 1 aliphatic rings. The summed E-state index contributed by atoms with van der Waals surface area (Å²) in [6, 6.07) is 2.08. The second kappa shape index (κ2) is 4.37. The molecule has 82 valence electrons. The molecule has 1 aliphatic heterocycles. The Kier molecular flexibility index (Phi) is 3.11. The summed E-state index contributed by atoms with van der Waals surface area (Å²) < 4.78 is 5.88. The van der Waals surface area contributed by atoms with E-state index in [1.165, 1.54) is 6.26 Å². The minimum absolute atomic E-state index is 0.0415. The summed E-state index contributed by atoms with van der Waals surface area (Å²) in [5.74, 6) is 0.351. The molecule has 1 amide bonds. The van der Waals surface area contributed by atoms with Gasteiger partial charge in [-0.2, -0.15) is 0 Å². The maximum atomic E-state index is 12.0. The molecular formula is C10H13BrN2O2. The number of nitrogens with zero attached hydrogens (tertiary/aromatic N) is 1. The van der Waals surface area contributed by atoms with E-state index in [9.17, 15) is 4.79 Å². The first kappa shape index (κ1) is 10.7. The molecule has 0 spiro atoms. The van der Waals surface area contributed by atoms with Crippen LogP contribution < -0.4 is 5.32 Å². The second-order valence-electron chi connectivity index (χ2n) is 3.70. The molecule has 5 heteroatoms. The quantitative estimate of drug-likeness (QED) is 0.843. The van der Waals surface area contributed by atoms with Gasteiger partial charge in [0.2, 0.25) is 5.76 Å². The molecule has 1 N–H and O–H groups in total. The first-order valence-corrected chi connectivity index (χ1v) is 5.73. The van der Waals surface area contributed by atoms with Gasteiger partial charge in [0.15, 0.2) is 0 Å². The third kappa shape index (κ3) is 2.23. The highest BCUT2D eigenvalue weighted by atomic mass is 79.9. The number of hydrogen-bond donors (Lipinski definition) is 1. The molecule has 1 atom stereocenters. The Morgan fingerprint density at radius 2 is 2.53 bits per heavy atom. The zero-order chi connectivity index (χ0) is 10.8. The van der Waals surface area contributed by atoms with E-state index < -0.39 is 0 Å². The Bertz CT molecular complexity index is 364. The van der Waals surface area contributed by atoms with Crippen molar-refractivity contribution in [3.63, 3.8) is 0 Å². The van der Waals surface area contributed by atoms with Gasteiger partial charge < -0.3 is 14.6 Å². The van der Waals surface area contributed by atoms with Crippen LogP contribution in [-0.4, -0.2) is 36.5 Å². The lowest BCUT2D eigenvalue weighted by molar-refractivity contribution is 0.0675. The van der Waals surface area contributed by atoms with Gasteiger partial charge in [-0.3, -0.25) is 4.79 Å². The number of amides is 1. The third-order valence-electron chi connectivity index (χ3n) is 2.47. The predicted octanol–water partition coefficient (Wildman–Crippen LogP) is 1.48. The van der Waals surface area contributed by atoms with Crippen molar-refractivity contribution in [2.45, 2.75) is 13.0 Å². The van der Waals surface area contributed by atoms with Crippen molar-refractivity contribution < 1.29 is 9.21 Å². The largest absolute Gasteiger partial charge is 0.458 e. The van der Waals surface area contributed by atoms with Gasteiger partial charge in [-0.1, -0.05) is 0 Å². The van der Waals surface area contributed by atoms with Crippen LogP contribution in [0.1, 0.15) is 17.5 Å². The summed E-state index contributed by atoms with van der Waals surface area (Å²) in [4.78, 5) is 13.8. The molecule has 0 radical (unpaired) electrons. The smallest absolute Gasteiger partial charge is 0.290 e. The first-order chi connectivity index (χ1) is 7.18. The van der Waals surface area contributed by atoms with Crippen molar-refractivity contribution in [2.75, 3.05) is 19.6 Å². The van der Waals surface area contributed by atoms with E-state index in [1.807, 2.05) is 4.90 Å². The number of carbonyl (C=O) groups is 1. The van der Waals surface area contributed by atoms with Crippen LogP contribution in [0.2, 0.25) is 0 Å². The lowest BCUT2D eigenvalue weighted by Gasteiger charge is -2.31. The molecule has 1 saturated heterocycles. The zero-order valence-corrected chi connectivity index (χ0v) is 10.1. The summed E-state index contributed by atoms with van der Waals surface area (Å²) in [5.41, 5.74) is 0. The molecule has 1 unspecified atom stereocenters. The van der Waals surface area contributed by atoms with E-state index in [1.54, 1.807) is 6.07 Å². The van der Waals surface area contributed by atoms with Gasteiger partial charge in [-0.05, 0) is 28.9 Å². The van der Waals surface area contributed by atoms with Gasteiger partial charge in [0.1, 0.15) is 0 Å². The van der Waals surface area contributed by atoms with Crippen LogP contribution in [0.15, 0.2) is 21.2 Å². The van der Waals surface area contributed by atoms with E-state index in [4.69, 9.17) is 4.42 Å². The SMILES string of the molecule is CC1CN(C(=O)c2occc2Br)CCN1. The third-order valence-corrected chi connectivity index (χ3v) is 3.09. The van der Waals surface area contributed by atoms with Crippen LogP contribution in [0.25, 0.3) is 0 Å². The standard InChI is InChI=1S/C10H13BrN2O2/c1-7-6-13(4-3-12-7)10(14)9-8(11)2-5-15-9/h2,5,7,12H,3-4,6H2,1H3. The van der Waals surface area contributed by atoms with Crippen LogP contribution in [0.4, 0.5) is 0 Å². The van der Waals surface area contributed by atoms with Crippen LogP contribution in [0.3, 0.4) is 0 Å². The van der Waals surface area contributed by atoms with Gasteiger partial charge >= 0.3 is 0 Å². The van der Waals surface area contributed by atoms with E-state index in [0.717, 1.165) is 24.1 Å². The van der Waals surface area contributed by atoms with E-state index >= 15 is 0 Å². The van der Waals surface area contributed by atoms with Gasteiger partial charge in [0.25, 0.3) is 5.91 Å². The van der Waals surface area contributed by atoms with Crippen LogP contribution >= 0.6 is 15.9 Å². The molecule has 0 aliphatic carbocycles. The molecule has 0 bridgehead atoms. The molecule has 2 rings (SSSR count). The van der Waals surface area contributed by atoms with Crippen molar-refractivity contribution in [3.8, 4) is 0 Å². The van der Waals surface area contributed by atoms with Gasteiger partial charge in [-0.15, -0.1) is 0 Å². The molecule has 0 aromatic carbocycles. The fraction of sp³-hybridized carbons (Fsp3) is 0.500. The van der Waals surface area contributed by atoms with Crippen molar-refractivity contribution in [2.24, 2.45) is 0 Å². The highest BCUT2D eigenvalue weighted by Gasteiger charge is 2.24. The minimum atomic E-state index is -0.0415. The van der Waals surface area contributed by atoms with Crippen molar-refractivity contribution in [1.29, 1.82) is 0 Å². The Balaban J connectivity index is 2.11. The molecular weight excluding hydrogens is 260 g/mol. The summed E-state index contributed by atoms with van der Waals surface area (Å²) >= 11 is 3.29. The zero-order valence-electron chi connectivity index (χ0n) is 8.50. The number of halogens is 1. The molecule has 1 aromatic heterocycles. The molecule has 4 nitrogen and oxygen atoms in total. The molecule has 2 heterocycles. The lowest BCUT2D eigenvalue weighted by Crippen LogP contribution is -2.51. The molecule has 1 aromatic rings. The molecule has 0 saturated carbocycles. The lowest BCUT2D eigenvalue weighted by atomic mass is 10.2. The van der Waals surface area contributed by atoms with Crippen LogP contribution in [-0.2, 0) is 0 Å². The topological polar surface area (TPSA) is 45.5 Å². The number of carbonyl (C=O) groups excluding carboxylic acids is 1. The van der Waals surface area contributed by atoms with Crippen molar-refractivity contribution in [1.82, 2.24) is 10.2 Å². The fourth-order valence-electron chi connectivity index (χ4n) is 1.71. The number of rotatable bonds is 1. The van der Waals surface area contributed by atoms with Gasteiger partial charge in [0.05, 0.1) is 10.7 Å². The number of piperazine rings is 1. The Labute approximate surface area is 96.7 Å². The second-order valence-corrected chi connectivity index (χ2v) is 4.56. The summed E-state index contributed by atoms with van der Waals surface area (Å²) in [6.45, 7) is 4.37. The number of nitrogens with one attached hydrogen (secondary N) is 1. The Hall–Kier alpha value is -0.810. The Morgan fingerprint density at radius 1 is 1.73 bits per heavy atom. The van der Waals surface area contributed by atoms with Crippen molar-refractivity contribution in [3.05, 3.63) is 22.6 Å². The highest BCUT2D eigenvalue weighted by molar-refractivity contribution is 9.10. The average Bonchev–Trinajstić information content (AvgIpc) is 2.63. The average molecular weight is 273 g/mol. The summed E-state index contributed by atoms with van der Waals surface area (Å²) in [5, 5.41) is 3.29. The van der Waals surface area contributed by atoms with E-state index in [-0.39, 0.29) is 5.91 Å². The highest BCUT2D eigenvalue weighted by Crippen LogP contribution is 2.19. The van der Waals surface area contributed by atoms with E-state index in [2.05, 4.69) is 28.2 Å². The van der Waals surface area contributed by atoms with Crippen LogP contribution in [0, 0.1) is 0 Å². The van der Waals surface area contributed by atoms with Gasteiger partial charge in [-0.25, -0.2) is 0 Å². The number of hydrogen-bond acceptors (Lipinski definition) is 3. The summed E-state index contributed by atoms with van der Waals surface area (Å²) in [7, 11) is 0. The minimum Gasteiger partial charge on any atom is -0.458 e. The predicted molar refractivity (Wildman–Crippen MR) is 59.8 cm³/mol. The summed E-state index contributed by atoms with van der Waals surface area (Å²) in [6.07, 6.45) is 1.52. The molecule has 1 fully saturated rings. The fourth-order valence-corrected chi connectivity index (χ4v) is 2.08. The maximum Gasteiger partial charge on any atom is 0.290 e. The number of furan rings is 1. The maximum absolute atomic E-state index is 12.0. The van der Waals surface area contributed by atoms with E-state index in [0.29, 0.717) is 11.8 Å². The van der Waals surface area contributed by atoms with Crippen LogP contribution in [0.5, 0.6) is 0 Å². The Morgan fingerprint density at radius 3 is 3.13 bits per heavy atom. The van der Waals surface area contributed by atoms with Gasteiger partial charge in [0, 0.05) is 25.7 Å². The van der Waals surface area contributed by atoms with Crippen molar-refractivity contribution >= 4 is 21.8 Å². The first-order valence-electron chi connectivity index (χ1n) is 4.94. The monoisotopic (exact) mass is 272 g/mol. The molecule has 15 heavy (non-hydrogen) atoms.